The van der Waals surface area contributed by atoms with E-state index in [9.17, 15) is 13.6 Å². The van der Waals surface area contributed by atoms with Gasteiger partial charge in [0.2, 0.25) is 5.91 Å². The highest BCUT2D eigenvalue weighted by Gasteiger charge is 2.10. The molecule has 0 unspecified atom stereocenters. The van der Waals surface area contributed by atoms with E-state index in [0.717, 1.165) is 34.2 Å². The summed E-state index contributed by atoms with van der Waals surface area (Å²) < 4.78 is 26.3. The first-order chi connectivity index (χ1) is 14.0. The van der Waals surface area contributed by atoms with Crippen LogP contribution in [0.15, 0.2) is 71.9 Å². The molecule has 0 bridgehead atoms. The molecule has 0 radical (unpaired) electrons. The number of likely N-dealkylation sites (N-methyl/N-ethyl adjacent to an activating group) is 1. The smallest absolute Gasteiger partial charge is 0.238 e. The molecule has 0 atom stereocenters. The Hall–Kier alpha value is -2.77. The number of halogens is 2. The number of thioether (sulfide) groups is 1. The number of hydrogen-bond acceptors (Lipinski definition) is 4. The molecule has 0 saturated carbocycles. The normalized spacial score (nSPS) is 10.9. The zero-order valence-corrected chi connectivity index (χ0v) is 16.8. The van der Waals surface area contributed by atoms with Crippen LogP contribution in [0.4, 0.5) is 14.5 Å². The monoisotopic (exact) mass is 413 g/mol. The Morgan fingerprint density at radius 1 is 1.03 bits per heavy atom. The number of nitrogens with one attached hydrogen (secondary N) is 1. The fourth-order valence-corrected chi connectivity index (χ4v) is 3.58. The van der Waals surface area contributed by atoms with Crippen molar-refractivity contribution in [2.45, 2.75) is 17.3 Å². The van der Waals surface area contributed by atoms with Gasteiger partial charge in [-0.3, -0.25) is 9.69 Å². The van der Waals surface area contributed by atoms with Crippen molar-refractivity contribution in [1.82, 2.24) is 9.88 Å². The summed E-state index contributed by atoms with van der Waals surface area (Å²) in [6.07, 6.45) is 1.76. The van der Waals surface area contributed by atoms with E-state index < -0.39 is 11.6 Å². The first kappa shape index (κ1) is 21.0. The molecule has 0 saturated heterocycles. The maximum Gasteiger partial charge on any atom is 0.238 e. The summed E-state index contributed by atoms with van der Waals surface area (Å²) in [6.45, 7) is 0.470. The van der Waals surface area contributed by atoms with Crippen molar-refractivity contribution in [3.05, 3.63) is 89.6 Å². The largest absolute Gasteiger partial charge is 0.325 e. The number of rotatable bonds is 8. The van der Waals surface area contributed by atoms with E-state index in [-0.39, 0.29) is 12.5 Å². The molecular weight excluding hydrogens is 392 g/mol. The molecule has 2 aromatic carbocycles. The minimum atomic E-state index is -0.888. The lowest BCUT2D eigenvalue weighted by atomic mass is 10.2. The number of anilines is 1. The van der Waals surface area contributed by atoms with Crippen LogP contribution in [-0.4, -0.2) is 29.4 Å². The van der Waals surface area contributed by atoms with Gasteiger partial charge in [-0.25, -0.2) is 13.8 Å². The van der Waals surface area contributed by atoms with Crippen LogP contribution in [-0.2, 0) is 17.1 Å². The lowest BCUT2D eigenvalue weighted by Crippen LogP contribution is -2.29. The average Bonchev–Trinajstić information content (AvgIpc) is 2.70. The van der Waals surface area contributed by atoms with Crippen LogP contribution < -0.4 is 5.32 Å². The van der Waals surface area contributed by atoms with Gasteiger partial charge in [0.25, 0.3) is 0 Å². The van der Waals surface area contributed by atoms with Crippen molar-refractivity contribution in [3.8, 4) is 0 Å². The van der Waals surface area contributed by atoms with Crippen molar-refractivity contribution in [1.29, 1.82) is 0 Å². The first-order valence-corrected chi connectivity index (χ1v) is 10.0. The molecule has 0 aliphatic rings. The molecule has 0 aliphatic carbocycles. The fraction of sp³-hybridized carbons (Fsp3) is 0.182. The predicted octanol–water partition coefficient (Wildman–Crippen LogP) is 4.72. The number of benzene rings is 2. The van der Waals surface area contributed by atoms with Crippen molar-refractivity contribution >= 4 is 23.4 Å². The van der Waals surface area contributed by atoms with Crippen LogP contribution in [0.3, 0.4) is 0 Å². The number of amides is 1. The molecule has 3 aromatic rings. The van der Waals surface area contributed by atoms with E-state index in [1.807, 2.05) is 42.5 Å². The highest BCUT2D eigenvalue weighted by molar-refractivity contribution is 7.98. The van der Waals surface area contributed by atoms with Crippen LogP contribution in [0, 0.1) is 11.6 Å². The highest BCUT2D eigenvalue weighted by atomic mass is 32.2. The molecule has 4 nitrogen and oxygen atoms in total. The Kier molecular flexibility index (Phi) is 7.32. The second-order valence-corrected chi connectivity index (χ2v) is 7.62. The Labute approximate surface area is 173 Å². The van der Waals surface area contributed by atoms with Gasteiger partial charge in [-0.2, -0.15) is 0 Å². The van der Waals surface area contributed by atoms with E-state index >= 15 is 0 Å². The van der Waals surface area contributed by atoms with Gasteiger partial charge in [0.1, 0.15) is 0 Å². The number of aromatic nitrogens is 1. The van der Waals surface area contributed by atoms with Gasteiger partial charge in [-0.15, -0.1) is 11.8 Å². The number of carbonyl (C=O) groups is 1. The van der Waals surface area contributed by atoms with Crippen LogP contribution in [0.5, 0.6) is 0 Å². The molecule has 7 heteroatoms. The third-order valence-corrected chi connectivity index (χ3v) is 5.10. The van der Waals surface area contributed by atoms with E-state index in [0.29, 0.717) is 12.1 Å². The highest BCUT2D eigenvalue weighted by Crippen LogP contribution is 2.22. The quantitative estimate of drug-likeness (QED) is 0.543. The zero-order chi connectivity index (χ0) is 20.6. The Morgan fingerprint density at radius 3 is 2.66 bits per heavy atom. The SMILES string of the molecule is CN(CC(=O)Nc1cccc(CSc2ccccn2)c1)Cc1ccc(F)c(F)c1. The Morgan fingerprint density at radius 2 is 1.90 bits per heavy atom. The van der Waals surface area contributed by atoms with Crippen molar-refractivity contribution in [2.24, 2.45) is 0 Å². The van der Waals surface area contributed by atoms with E-state index in [2.05, 4.69) is 10.3 Å². The first-order valence-electron chi connectivity index (χ1n) is 9.05. The van der Waals surface area contributed by atoms with E-state index in [4.69, 9.17) is 0 Å². The third-order valence-electron chi connectivity index (χ3n) is 4.09. The van der Waals surface area contributed by atoms with Crippen molar-refractivity contribution in [3.63, 3.8) is 0 Å². The summed E-state index contributed by atoms with van der Waals surface area (Å²) in [5, 5.41) is 3.82. The molecule has 0 fully saturated rings. The molecule has 1 amide bonds. The maximum absolute atomic E-state index is 13.3. The number of pyridine rings is 1. The van der Waals surface area contributed by atoms with Gasteiger partial charge in [0.15, 0.2) is 11.6 Å². The molecule has 29 heavy (non-hydrogen) atoms. The van der Waals surface area contributed by atoms with E-state index in [1.54, 1.807) is 29.9 Å². The van der Waals surface area contributed by atoms with Crippen LogP contribution in [0.1, 0.15) is 11.1 Å². The van der Waals surface area contributed by atoms with Crippen molar-refractivity contribution in [2.75, 3.05) is 18.9 Å². The molecular formula is C22H21F2N3OS. The van der Waals surface area contributed by atoms with Crippen LogP contribution in [0.25, 0.3) is 0 Å². The van der Waals surface area contributed by atoms with Gasteiger partial charge < -0.3 is 5.32 Å². The maximum atomic E-state index is 13.3. The average molecular weight is 413 g/mol. The summed E-state index contributed by atoms with van der Waals surface area (Å²) in [6, 6.07) is 17.2. The molecule has 1 aromatic heterocycles. The zero-order valence-electron chi connectivity index (χ0n) is 15.9. The summed E-state index contributed by atoms with van der Waals surface area (Å²) in [7, 11) is 1.75. The molecule has 150 valence electrons. The fourth-order valence-electron chi connectivity index (χ4n) is 2.78. The minimum Gasteiger partial charge on any atom is -0.325 e. The van der Waals surface area contributed by atoms with Gasteiger partial charge in [0.05, 0.1) is 11.6 Å². The van der Waals surface area contributed by atoms with Gasteiger partial charge in [-0.1, -0.05) is 24.3 Å². The Bertz CT molecular complexity index is 969. The molecule has 1 N–H and O–H groups in total. The lowest BCUT2D eigenvalue weighted by Gasteiger charge is -2.16. The summed E-state index contributed by atoms with van der Waals surface area (Å²) in [5.41, 5.74) is 2.40. The number of hydrogen-bond donors (Lipinski definition) is 1. The van der Waals surface area contributed by atoms with Crippen LogP contribution >= 0.6 is 11.8 Å². The van der Waals surface area contributed by atoms with Crippen LogP contribution in [0.2, 0.25) is 0 Å². The third kappa shape index (κ3) is 6.66. The minimum absolute atomic E-state index is 0.131. The van der Waals surface area contributed by atoms with E-state index in [1.165, 1.54) is 6.07 Å². The lowest BCUT2D eigenvalue weighted by molar-refractivity contribution is -0.117. The Balaban J connectivity index is 1.51. The number of nitrogens with zero attached hydrogens (tertiary/aromatic N) is 2. The molecule has 1 heterocycles. The molecule has 3 rings (SSSR count). The molecule has 0 spiro atoms. The van der Waals surface area contributed by atoms with Gasteiger partial charge in [-0.05, 0) is 54.6 Å². The van der Waals surface area contributed by atoms with Gasteiger partial charge >= 0.3 is 0 Å². The predicted molar refractivity (Wildman–Crippen MR) is 112 cm³/mol. The number of carbonyl (C=O) groups excluding carboxylic acids is 1. The van der Waals surface area contributed by atoms with Gasteiger partial charge in [0, 0.05) is 24.2 Å². The summed E-state index contributed by atoms with van der Waals surface area (Å²) in [4.78, 5) is 18.3. The van der Waals surface area contributed by atoms with Crippen molar-refractivity contribution < 1.29 is 13.6 Å². The standard InChI is InChI=1S/C22H21F2N3OS/c1-27(13-16-8-9-19(23)20(24)12-16)14-21(28)26-18-6-4-5-17(11-18)15-29-22-7-2-3-10-25-22/h2-12H,13-15H2,1H3,(H,26,28). The second-order valence-electron chi connectivity index (χ2n) is 6.63. The summed E-state index contributed by atoms with van der Waals surface area (Å²) in [5.74, 6) is -1.20. The summed E-state index contributed by atoms with van der Waals surface area (Å²) >= 11 is 1.63. The topological polar surface area (TPSA) is 45.2 Å². The second kappa shape index (κ2) is 10.1. The molecule has 0 aliphatic heterocycles.